The Bertz CT molecular complexity index is 300. The summed E-state index contributed by atoms with van der Waals surface area (Å²) in [4.78, 5) is 0. The Balaban J connectivity index is 2.70. The van der Waals surface area contributed by atoms with Gasteiger partial charge in [-0.25, -0.2) is 8.42 Å². The van der Waals surface area contributed by atoms with Gasteiger partial charge in [0, 0.05) is 6.04 Å². The number of hydrogen-bond donors (Lipinski definition) is 1. The van der Waals surface area contributed by atoms with Crippen LogP contribution in [0, 0.1) is 11.8 Å². The van der Waals surface area contributed by atoms with Crippen LogP contribution >= 0.6 is 0 Å². The van der Waals surface area contributed by atoms with Crippen LogP contribution in [-0.2, 0) is 9.84 Å². The van der Waals surface area contributed by atoms with Gasteiger partial charge in [0.15, 0.2) is 9.84 Å². The first-order valence-electron chi connectivity index (χ1n) is 5.85. The Labute approximate surface area is 93.3 Å². The highest BCUT2D eigenvalue weighted by molar-refractivity contribution is 7.92. The summed E-state index contributed by atoms with van der Waals surface area (Å²) in [5.41, 5.74) is 5.86. The molecule has 3 nitrogen and oxygen atoms in total. The standard InChI is InChI=1S/C11H23NO2S/c1-4-8(2)7-15(13,14)11-6-5-10(12)9(11)3/h8-11H,4-7,12H2,1-3H3. The van der Waals surface area contributed by atoms with Crippen molar-refractivity contribution in [2.45, 2.75) is 51.3 Å². The molecular formula is C11H23NO2S. The maximum atomic E-state index is 12.1. The van der Waals surface area contributed by atoms with Crippen LogP contribution in [0.1, 0.15) is 40.0 Å². The lowest BCUT2D eigenvalue weighted by atomic mass is 10.1. The molecule has 0 aromatic heterocycles. The van der Waals surface area contributed by atoms with Crippen LogP contribution in [0.2, 0.25) is 0 Å². The number of rotatable bonds is 4. The van der Waals surface area contributed by atoms with Gasteiger partial charge >= 0.3 is 0 Å². The minimum Gasteiger partial charge on any atom is -0.327 e. The van der Waals surface area contributed by atoms with Gasteiger partial charge in [-0.1, -0.05) is 27.2 Å². The second kappa shape index (κ2) is 4.83. The molecule has 4 unspecified atom stereocenters. The highest BCUT2D eigenvalue weighted by Gasteiger charge is 2.39. The van der Waals surface area contributed by atoms with E-state index in [4.69, 9.17) is 5.73 Å². The number of nitrogens with two attached hydrogens (primary N) is 1. The predicted molar refractivity (Wildman–Crippen MR) is 63.4 cm³/mol. The zero-order valence-corrected chi connectivity index (χ0v) is 10.8. The molecule has 90 valence electrons. The van der Waals surface area contributed by atoms with Gasteiger partial charge in [-0.2, -0.15) is 0 Å². The lowest BCUT2D eigenvalue weighted by molar-refractivity contribution is 0.498. The molecule has 0 aromatic carbocycles. The molecule has 0 aliphatic heterocycles. The zero-order chi connectivity index (χ0) is 11.6. The first kappa shape index (κ1) is 13.0. The molecule has 2 N–H and O–H groups in total. The van der Waals surface area contributed by atoms with Crippen LogP contribution in [0.4, 0.5) is 0 Å². The van der Waals surface area contributed by atoms with Gasteiger partial charge in [-0.15, -0.1) is 0 Å². The van der Waals surface area contributed by atoms with E-state index in [1.54, 1.807) is 0 Å². The van der Waals surface area contributed by atoms with E-state index < -0.39 is 9.84 Å². The highest BCUT2D eigenvalue weighted by atomic mass is 32.2. The van der Waals surface area contributed by atoms with Crippen molar-refractivity contribution in [2.24, 2.45) is 17.6 Å². The summed E-state index contributed by atoms with van der Waals surface area (Å²) in [6.45, 7) is 6.00. The van der Waals surface area contributed by atoms with Crippen LogP contribution in [0.25, 0.3) is 0 Å². The predicted octanol–water partition coefficient (Wildman–Crippen LogP) is 1.57. The third-order valence-electron chi connectivity index (χ3n) is 3.72. The fourth-order valence-corrected chi connectivity index (χ4v) is 4.93. The number of sulfone groups is 1. The van der Waals surface area contributed by atoms with Gasteiger partial charge in [-0.05, 0) is 24.7 Å². The van der Waals surface area contributed by atoms with E-state index in [0.717, 1.165) is 19.3 Å². The molecule has 1 rings (SSSR count). The summed E-state index contributed by atoms with van der Waals surface area (Å²) in [5, 5.41) is -0.193. The van der Waals surface area contributed by atoms with E-state index in [-0.39, 0.29) is 23.1 Å². The summed E-state index contributed by atoms with van der Waals surface area (Å²) in [6, 6.07) is 0.0710. The van der Waals surface area contributed by atoms with Crippen molar-refractivity contribution in [3.05, 3.63) is 0 Å². The van der Waals surface area contributed by atoms with Gasteiger partial charge < -0.3 is 5.73 Å². The van der Waals surface area contributed by atoms with E-state index in [1.165, 1.54) is 0 Å². The van der Waals surface area contributed by atoms with Crippen molar-refractivity contribution in [3.8, 4) is 0 Å². The fourth-order valence-electron chi connectivity index (χ4n) is 2.30. The molecule has 15 heavy (non-hydrogen) atoms. The van der Waals surface area contributed by atoms with Crippen LogP contribution in [0.15, 0.2) is 0 Å². The Hall–Kier alpha value is -0.0900. The van der Waals surface area contributed by atoms with Crippen LogP contribution < -0.4 is 5.73 Å². The van der Waals surface area contributed by atoms with Crippen molar-refractivity contribution in [1.29, 1.82) is 0 Å². The minimum atomic E-state index is -2.93. The molecule has 0 heterocycles. The van der Waals surface area contributed by atoms with Crippen molar-refractivity contribution >= 4 is 9.84 Å². The normalized spacial score (nSPS) is 34.3. The summed E-state index contributed by atoms with van der Waals surface area (Å²) in [7, 11) is -2.93. The Morgan fingerprint density at radius 3 is 2.40 bits per heavy atom. The van der Waals surface area contributed by atoms with Gasteiger partial charge in [0.05, 0.1) is 11.0 Å². The Morgan fingerprint density at radius 1 is 1.40 bits per heavy atom. The van der Waals surface area contributed by atoms with Crippen LogP contribution in [0.5, 0.6) is 0 Å². The summed E-state index contributed by atoms with van der Waals surface area (Å²) < 4.78 is 24.2. The van der Waals surface area contributed by atoms with E-state index in [2.05, 4.69) is 0 Å². The maximum absolute atomic E-state index is 12.1. The second-order valence-corrected chi connectivity index (χ2v) is 7.25. The monoisotopic (exact) mass is 233 g/mol. The van der Waals surface area contributed by atoms with Crippen molar-refractivity contribution in [3.63, 3.8) is 0 Å². The molecule has 4 heteroatoms. The average molecular weight is 233 g/mol. The van der Waals surface area contributed by atoms with Crippen molar-refractivity contribution in [2.75, 3.05) is 5.75 Å². The van der Waals surface area contributed by atoms with E-state index in [9.17, 15) is 8.42 Å². The van der Waals surface area contributed by atoms with E-state index >= 15 is 0 Å². The highest BCUT2D eigenvalue weighted by Crippen LogP contribution is 2.31. The third kappa shape index (κ3) is 2.94. The summed E-state index contributed by atoms with van der Waals surface area (Å²) in [5.74, 6) is 0.712. The molecule has 1 aliphatic rings. The first-order chi connectivity index (χ1) is 6.88. The van der Waals surface area contributed by atoms with Gasteiger partial charge in [-0.3, -0.25) is 0 Å². The smallest absolute Gasteiger partial charge is 0.153 e. The van der Waals surface area contributed by atoms with Crippen LogP contribution in [-0.4, -0.2) is 25.5 Å². The molecule has 0 bridgehead atoms. The molecule has 1 fully saturated rings. The molecule has 0 aromatic rings. The number of hydrogen-bond acceptors (Lipinski definition) is 3. The molecule has 1 aliphatic carbocycles. The van der Waals surface area contributed by atoms with Crippen molar-refractivity contribution in [1.82, 2.24) is 0 Å². The minimum absolute atomic E-state index is 0.0710. The van der Waals surface area contributed by atoms with Gasteiger partial charge in [0.25, 0.3) is 0 Å². The summed E-state index contributed by atoms with van der Waals surface area (Å²) in [6.07, 6.45) is 2.53. The molecular weight excluding hydrogens is 210 g/mol. The zero-order valence-electron chi connectivity index (χ0n) is 9.94. The van der Waals surface area contributed by atoms with Crippen LogP contribution in [0.3, 0.4) is 0 Å². The lowest BCUT2D eigenvalue weighted by Crippen LogP contribution is -2.34. The fraction of sp³-hybridized carbons (Fsp3) is 1.00. The van der Waals surface area contributed by atoms with E-state index in [1.807, 2.05) is 20.8 Å². The average Bonchev–Trinajstić information content (AvgIpc) is 2.47. The second-order valence-electron chi connectivity index (χ2n) is 4.98. The Morgan fingerprint density at radius 2 is 2.00 bits per heavy atom. The molecule has 0 amide bonds. The first-order valence-corrected chi connectivity index (χ1v) is 7.57. The summed E-state index contributed by atoms with van der Waals surface area (Å²) >= 11 is 0. The largest absolute Gasteiger partial charge is 0.327 e. The molecule has 0 spiro atoms. The Kier molecular flexibility index (Phi) is 4.18. The van der Waals surface area contributed by atoms with Crippen molar-refractivity contribution < 1.29 is 8.42 Å². The quantitative estimate of drug-likeness (QED) is 0.802. The topological polar surface area (TPSA) is 60.2 Å². The van der Waals surface area contributed by atoms with E-state index in [0.29, 0.717) is 5.75 Å². The maximum Gasteiger partial charge on any atom is 0.153 e. The van der Waals surface area contributed by atoms with Gasteiger partial charge in [0.1, 0.15) is 0 Å². The SMILES string of the molecule is CCC(C)CS(=O)(=O)C1CCC(N)C1C. The lowest BCUT2D eigenvalue weighted by Gasteiger charge is -2.20. The van der Waals surface area contributed by atoms with Gasteiger partial charge in [0.2, 0.25) is 0 Å². The molecule has 4 atom stereocenters. The molecule has 0 radical (unpaired) electrons. The molecule has 1 saturated carbocycles. The third-order valence-corrected chi connectivity index (χ3v) is 6.34. The molecule has 0 saturated heterocycles.